The van der Waals surface area contributed by atoms with Crippen molar-refractivity contribution in [1.29, 1.82) is 0 Å². The number of halogens is 1. The summed E-state index contributed by atoms with van der Waals surface area (Å²) in [6, 6.07) is 16.8. The van der Waals surface area contributed by atoms with E-state index in [1.807, 2.05) is 30.3 Å². The molecule has 7 heteroatoms. The van der Waals surface area contributed by atoms with E-state index in [1.165, 1.54) is 17.3 Å². The zero-order chi connectivity index (χ0) is 16.9. The fraction of sp³-hybridized carbons (Fsp3) is 0.118. The summed E-state index contributed by atoms with van der Waals surface area (Å²) in [6.45, 7) is 1.79. The summed E-state index contributed by atoms with van der Waals surface area (Å²) < 4.78 is 1.59. The fourth-order valence-electron chi connectivity index (χ4n) is 2.08. The minimum Gasteiger partial charge on any atom is -0.267 e. The molecule has 122 valence electrons. The molecule has 0 aliphatic heterocycles. The van der Waals surface area contributed by atoms with E-state index in [1.54, 1.807) is 35.9 Å². The number of aryl methyl sites for hydroxylation is 1. The number of nitrogens with one attached hydrogen (secondary N) is 1. The molecule has 0 saturated heterocycles. The SMILES string of the molecule is Cc1nnc(SCc2ccccc2)n1NC(=O)c1cccc(Cl)c1. The molecule has 1 N–H and O–H groups in total. The van der Waals surface area contributed by atoms with Gasteiger partial charge in [0.05, 0.1) is 0 Å². The third-order valence-electron chi connectivity index (χ3n) is 3.31. The molecular weight excluding hydrogens is 344 g/mol. The van der Waals surface area contributed by atoms with Crippen LogP contribution in [0.15, 0.2) is 59.8 Å². The predicted octanol–water partition coefficient (Wildman–Crippen LogP) is 3.92. The van der Waals surface area contributed by atoms with Crippen LogP contribution in [0, 0.1) is 6.92 Å². The molecule has 0 unspecified atom stereocenters. The van der Waals surface area contributed by atoms with Crippen LogP contribution < -0.4 is 5.43 Å². The molecule has 0 fully saturated rings. The van der Waals surface area contributed by atoms with Crippen molar-refractivity contribution in [3.8, 4) is 0 Å². The number of thioether (sulfide) groups is 1. The molecule has 0 aliphatic carbocycles. The molecule has 24 heavy (non-hydrogen) atoms. The maximum atomic E-state index is 12.4. The van der Waals surface area contributed by atoms with Crippen molar-refractivity contribution < 1.29 is 4.79 Å². The van der Waals surface area contributed by atoms with Crippen LogP contribution >= 0.6 is 23.4 Å². The Bertz CT molecular complexity index is 851. The van der Waals surface area contributed by atoms with Gasteiger partial charge < -0.3 is 0 Å². The van der Waals surface area contributed by atoms with Gasteiger partial charge in [0.25, 0.3) is 5.91 Å². The van der Waals surface area contributed by atoms with Crippen LogP contribution in [-0.4, -0.2) is 20.8 Å². The lowest BCUT2D eigenvalue weighted by molar-refractivity contribution is 0.101. The number of rotatable bonds is 5. The Kier molecular flexibility index (Phi) is 5.17. The van der Waals surface area contributed by atoms with Gasteiger partial charge in [-0.2, -0.15) is 0 Å². The fourth-order valence-corrected chi connectivity index (χ4v) is 3.17. The highest BCUT2D eigenvalue weighted by molar-refractivity contribution is 7.98. The maximum absolute atomic E-state index is 12.4. The van der Waals surface area contributed by atoms with Crippen molar-refractivity contribution in [3.05, 3.63) is 76.6 Å². The van der Waals surface area contributed by atoms with E-state index in [0.29, 0.717) is 21.6 Å². The Morgan fingerprint density at radius 3 is 2.71 bits per heavy atom. The quantitative estimate of drug-likeness (QED) is 0.702. The van der Waals surface area contributed by atoms with Gasteiger partial charge in [-0.05, 0) is 30.7 Å². The minimum absolute atomic E-state index is 0.262. The topological polar surface area (TPSA) is 59.8 Å². The molecule has 1 heterocycles. The summed E-state index contributed by atoms with van der Waals surface area (Å²) in [7, 11) is 0. The Morgan fingerprint density at radius 2 is 1.96 bits per heavy atom. The molecule has 0 saturated carbocycles. The first-order valence-electron chi connectivity index (χ1n) is 7.29. The molecule has 0 atom stereocenters. The van der Waals surface area contributed by atoms with Gasteiger partial charge in [-0.15, -0.1) is 10.2 Å². The molecule has 1 aromatic heterocycles. The van der Waals surface area contributed by atoms with Gasteiger partial charge in [0, 0.05) is 16.3 Å². The molecule has 3 rings (SSSR count). The lowest BCUT2D eigenvalue weighted by atomic mass is 10.2. The van der Waals surface area contributed by atoms with Crippen LogP contribution in [0.5, 0.6) is 0 Å². The first-order valence-corrected chi connectivity index (χ1v) is 8.65. The first-order chi connectivity index (χ1) is 11.6. The monoisotopic (exact) mass is 358 g/mol. The lowest BCUT2D eigenvalue weighted by Crippen LogP contribution is -2.24. The Labute approximate surface area is 149 Å². The van der Waals surface area contributed by atoms with Crippen molar-refractivity contribution in [2.45, 2.75) is 17.8 Å². The number of nitrogens with zero attached hydrogens (tertiary/aromatic N) is 3. The van der Waals surface area contributed by atoms with Crippen molar-refractivity contribution in [3.63, 3.8) is 0 Å². The van der Waals surface area contributed by atoms with Crippen LogP contribution in [0.2, 0.25) is 5.02 Å². The average molecular weight is 359 g/mol. The molecule has 1 amide bonds. The van der Waals surface area contributed by atoms with Gasteiger partial charge in [-0.25, -0.2) is 4.68 Å². The van der Waals surface area contributed by atoms with E-state index >= 15 is 0 Å². The molecule has 0 spiro atoms. The smallest absolute Gasteiger partial charge is 0.267 e. The van der Waals surface area contributed by atoms with E-state index in [4.69, 9.17) is 11.6 Å². The summed E-state index contributed by atoms with van der Waals surface area (Å²) in [4.78, 5) is 12.4. The lowest BCUT2D eigenvalue weighted by Gasteiger charge is -2.10. The third kappa shape index (κ3) is 3.96. The van der Waals surface area contributed by atoms with Gasteiger partial charge in [-0.3, -0.25) is 10.2 Å². The molecule has 0 aliphatic rings. The Hall–Kier alpha value is -2.31. The van der Waals surface area contributed by atoms with Crippen LogP contribution in [0.3, 0.4) is 0 Å². The number of carbonyl (C=O) groups excluding carboxylic acids is 1. The second kappa shape index (κ2) is 7.51. The largest absolute Gasteiger partial charge is 0.270 e. The highest BCUT2D eigenvalue weighted by Gasteiger charge is 2.14. The summed E-state index contributed by atoms with van der Waals surface area (Å²) in [5.74, 6) is 1.09. The second-order valence-electron chi connectivity index (χ2n) is 5.09. The highest BCUT2D eigenvalue weighted by atomic mass is 35.5. The minimum atomic E-state index is -0.262. The predicted molar refractivity (Wildman–Crippen MR) is 95.9 cm³/mol. The Morgan fingerprint density at radius 1 is 1.17 bits per heavy atom. The number of amides is 1. The molecule has 5 nitrogen and oxygen atoms in total. The molecule has 0 radical (unpaired) electrons. The van der Waals surface area contributed by atoms with Crippen LogP contribution in [0.4, 0.5) is 0 Å². The molecule has 2 aromatic carbocycles. The first kappa shape index (κ1) is 16.5. The van der Waals surface area contributed by atoms with Crippen LogP contribution in [0.25, 0.3) is 0 Å². The summed E-state index contributed by atoms with van der Waals surface area (Å²) >= 11 is 7.45. The van der Waals surface area contributed by atoms with Crippen LogP contribution in [-0.2, 0) is 5.75 Å². The molecular formula is C17H15ClN4OS. The van der Waals surface area contributed by atoms with E-state index in [-0.39, 0.29) is 5.91 Å². The number of hydrogen-bond donors (Lipinski definition) is 1. The van der Waals surface area contributed by atoms with Gasteiger partial charge in [0.15, 0.2) is 0 Å². The average Bonchev–Trinajstić information content (AvgIpc) is 2.94. The van der Waals surface area contributed by atoms with E-state index < -0.39 is 0 Å². The second-order valence-corrected chi connectivity index (χ2v) is 6.47. The van der Waals surface area contributed by atoms with E-state index in [9.17, 15) is 4.79 Å². The zero-order valence-electron chi connectivity index (χ0n) is 12.9. The number of hydrogen-bond acceptors (Lipinski definition) is 4. The van der Waals surface area contributed by atoms with Crippen molar-refractivity contribution >= 4 is 29.3 Å². The van der Waals surface area contributed by atoms with Gasteiger partial charge in [0.1, 0.15) is 5.82 Å². The third-order valence-corrected chi connectivity index (χ3v) is 4.54. The maximum Gasteiger partial charge on any atom is 0.270 e. The zero-order valence-corrected chi connectivity index (χ0v) is 14.5. The molecule has 0 bridgehead atoms. The normalized spacial score (nSPS) is 10.6. The summed E-state index contributed by atoms with van der Waals surface area (Å²) in [5, 5.41) is 9.32. The highest BCUT2D eigenvalue weighted by Crippen LogP contribution is 2.21. The number of aromatic nitrogens is 3. The van der Waals surface area contributed by atoms with Gasteiger partial charge in [-0.1, -0.05) is 59.8 Å². The van der Waals surface area contributed by atoms with Crippen molar-refractivity contribution in [1.82, 2.24) is 14.9 Å². The summed E-state index contributed by atoms with van der Waals surface area (Å²) in [6.07, 6.45) is 0. The summed E-state index contributed by atoms with van der Waals surface area (Å²) in [5.41, 5.74) is 4.47. The van der Waals surface area contributed by atoms with Crippen LogP contribution in [0.1, 0.15) is 21.7 Å². The number of benzene rings is 2. The number of carbonyl (C=O) groups is 1. The van der Waals surface area contributed by atoms with E-state index in [0.717, 1.165) is 5.75 Å². The van der Waals surface area contributed by atoms with E-state index in [2.05, 4.69) is 15.6 Å². The van der Waals surface area contributed by atoms with Crippen molar-refractivity contribution in [2.24, 2.45) is 0 Å². The molecule has 3 aromatic rings. The standard InChI is InChI=1S/C17H15ClN4OS/c1-12-19-20-17(24-11-13-6-3-2-4-7-13)22(12)21-16(23)14-8-5-9-15(18)10-14/h2-10H,11H2,1H3,(H,21,23). The van der Waals surface area contributed by atoms with Crippen molar-refractivity contribution in [2.75, 3.05) is 5.43 Å². The van der Waals surface area contributed by atoms with Gasteiger partial charge in [0.2, 0.25) is 5.16 Å². The van der Waals surface area contributed by atoms with Gasteiger partial charge >= 0.3 is 0 Å². The Balaban J connectivity index is 1.74.